The van der Waals surface area contributed by atoms with Crippen LogP contribution in [0.4, 0.5) is 0 Å². The minimum Gasteiger partial charge on any atom is -0.355 e. The smallest absolute Gasteiger partial charge is 0.226 e. The van der Waals surface area contributed by atoms with Gasteiger partial charge in [-0.05, 0) is 6.42 Å². The molecule has 2 heteroatoms. The fraction of sp³-hybridized carbons (Fsp3) is 0.857. The minimum absolute atomic E-state index is 0.00694. The molecule has 0 aromatic heterocycles. The maximum Gasteiger partial charge on any atom is 0.226 e. The first-order valence-corrected chi connectivity index (χ1v) is 3.37. The van der Waals surface area contributed by atoms with Gasteiger partial charge in [0, 0.05) is 12.0 Å². The molecule has 0 unspecified atom stereocenters. The fourth-order valence-corrected chi connectivity index (χ4v) is 1.82. The van der Waals surface area contributed by atoms with Crippen LogP contribution in [-0.4, -0.2) is 12.5 Å². The van der Waals surface area contributed by atoms with Gasteiger partial charge in [0.05, 0.1) is 5.41 Å². The second-order valence-corrected chi connectivity index (χ2v) is 3.75. The Morgan fingerprint density at radius 3 is 2.33 bits per heavy atom. The highest BCUT2D eigenvalue weighted by molar-refractivity contribution is 5.89. The van der Waals surface area contributed by atoms with E-state index in [4.69, 9.17) is 0 Å². The van der Waals surface area contributed by atoms with Crippen molar-refractivity contribution in [2.24, 2.45) is 10.8 Å². The summed E-state index contributed by atoms with van der Waals surface area (Å²) in [4.78, 5) is 11.0. The third-order valence-electron chi connectivity index (χ3n) is 3.09. The largest absolute Gasteiger partial charge is 0.355 e. The third-order valence-corrected chi connectivity index (χ3v) is 3.09. The van der Waals surface area contributed by atoms with E-state index in [0.29, 0.717) is 5.41 Å². The Bertz CT molecular complexity index is 185. The molecule has 0 bridgehead atoms. The van der Waals surface area contributed by atoms with Crippen molar-refractivity contribution in [1.82, 2.24) is 5.32 Å². The van der Waals surface area contributed by atoms with E-state index in [1.54, 1.807) is 0 Å². The first kappa shape index (κ1) is 5.27. The molecule has 1 heterocycles. The van der Waals surface area contributed by atoms with E-state index < -0.39 is 0 Å². The van der Waals surface area contributed by atoms with Gasteiger partial charge in [0.1, 0.15) is 0 Å². The molecule has 2 aliphatic rings. The molecule has 2 rings (SSSR count). The molecule has 2 atom stereocenters. The number of amides is 1. The third kappa shape index (κ3) is 0.373. The topological polar surface area (TPSA) is 29.1 Å². The Morgan fingerprint density at radius 2 is 2.22 bits per heavy atom. The lowest BCUT2D eigenvalue weighted by Crippen LogP contribution is -2.23. The average Bonchev–Trinajstić information content (AvgIpc) is 2.26. The number of piperidine rings is 1. The highest BCUT2D eigenvalue weighted by atomic mass is 16.2. The van der Waals surface area contributed by atoms with Gasteiger partial charge in [-0.1, -0.05) is 13.8 Å². The fourth-order valence-electron chi connectivity index (χ4n) is 1.82. The molecular weight excluding hydrogens is 114 g/mol. The van der Waals surface area contributed by atoms with Crippen LogP contribution in [-0.2, 0) is 4.79 Å². The molecule has 0 aromatic rings. The summed E-state index contributed by atoms with van der Waals surface area (Å²) in [6.07, 6.45) is 1.09. The zero-order valence-electron chi connectivity index (χ0n) is 5.82. The summed E-state index contributed by atoms with van der Waals surface area (Å²) in [6.45, 7) is 5.11. The Labute approximate surface area is 54.6 Å². The summed E-state index contributed by atoms with van der Waals surface area (Å²) in [6, 6.07) is 0. The number of carbonyl (C=O) groups excluding carboxylic acids is 1. The van der Waals surface area contributed by atoms with Crippen molar-refractivity contribution in [3.8, 4) is 0 Å². The Morgan fingerprint density at radius 1 is 1.56 bits per heavy atom. The van der Waals surface area contributed by atoms with Crippen LogP contribution in [0.1, 0.15) is 20.3 Å². The normalized spacial score (nSPS) is 54.7. The van der Waals surface area contributed by atoms with E-state index in [2.05, 4.69) is 19.2 Å². The van der Waals surface area contributed by atoms with Crippen LogP contribution in [0.3, 0.4) is 0 Å². The average molecular weight is 125 g/mol. The van der Waals surface area contributed by atoms with Gasteiger partial charge in [0.2, 0.25) is 5.91 Å². The second-order valence-electron chi connectivity index (χ2n) is 3.75. The highest BCUT2D eigenvalue weighted by Gasteiger charge is 2.69. The Hall–Kier alpha value is -0.530. The van der Waals surface area contributed by atoms with Crippen LogP contribution in [0.15, 0.2) is 0 Å². The van der Waals surface area contributed by atoms with Crippen molar-refractivity contribution in [2.75, 3.05) is 6.54 Å². The maximum absolute atomic E-state index is 11.0. The van der Waals surface area contributed by atoms with Crippen molar-refractivity contribution in [3.05, 3.63) is 0 Å². The summed E-state index contributed by atoms with van der Waals surface area (Å²) >= 11 is 0. The minimum atomic E-state index is 0.00694. The van der Waals surface area contributed by atoms with Crippen molar-refractivity contribution in [1.29, 1.82) is 0 Å². The highest BCUT2D eigenvalue weighted by Crippen LogP contribution is 2.65. The van der Waals surface area contributed by atoms with Crippen LogP contribution in [0.2, 0.25) is 0 Å². The first-order valence-electron chi connectivity index (χ1n) is 3.37. The summed E-state index contributed by atoms with van der Waals surface area (Å²) in [7, 11) is 0. The monoisotopic (exact) mass is 125 g/mol. The van der Waals surface area contributed by atoms with Gasteiger partial charge in [-0.25, -0.2) is 0 Å². The first-order chi connectivity index (χ1) is 4.08. The SMILES string of the molecule is C[C@@]12CNC(=O)[C@@]1(C)C2. The summed E-state index contributed by atoms with van der Waals surface area (Å²) in [5.41, 5.74) is 0.317. The molecule has 1 saturated heterocycles. The Kier molecular flexibility index (Phi) is 0.600. The van der Waals surface area contributed by atoms with E-state index in [1.807, 2.05) is 0 Å². The summed E-state index contributed by atoms with van der Waals surface area (Å²) in [5.74, 6) is 0.255. The van der Waals surface area contributed by atoms with Crippen LogP contribution >= 0.6 is 0 Å². The van der Waals surface area contributed by atoms with E-state index in [9.17, 15) is 4.79 Å². The molecule has 1 saturated carbocycles. The van der Waals surface area contributed by atoms with E-state index >= 15 is 0 Å². The van der Waals surface area contributed by atoms with Crippen molar-refractivity contribution in [2.45, 2.75) is 20.3 Å². The molecule has 0 radical (unpaired) electrons. The van der Waals surface area contributed by atoms with Crippen molar-refractivity contribution in [3.63, 3.8) is 0 Å². The molecule has 50 valence electrons. The lowest BCUT2D eigenvalue weighted by atomic mass is 10.0. The molecule has 2 nitrogen and oxygen atoms in total. The molecule has 0 spiro atoms. The summed E-state index contributed by atoms with van der Waals surface area (Å²) < 4.78 is 0. The Balaban J connectivity index is 2.37. The van der Waals surface area contributed by atoms with Crippen LogP contribution in [0, 0.1) is 10.8 Å². The standard InChI is InChI=1S/C7H11NO/c1-6-3-7(6,2)5(9)8-4-6/h3-4H2,1-2H3,(H,8,9)/t6-,7-/m1/s1. The van der Waals surface area contributed by atoms with Gasteiger partial charge in [-0.3, -0.25) is 4.79 Å². The van der Waals surface area contributed by atoms with Gasteiger partial charge >= 0.3 is 0 Å². The van der Waals surface area contributed by atoms with E-state index in [-0.39, 0.29) is 11.3 Å². The molecule has 1 aliphatic carbocycles. The number of rotatable bonds is 0. The van der Waals surface area contributed by atoms with Gasteiger partial charge < -0.3 is 5.32 Å². The predicted molar refractivity (Wildman–Crippen MR) is 33.8 cm³/mol. The quantitative estimate of drug-likeness (QED) is 0.502. The van der Waals surface area contributed by atoms with Gasteiger partial charge in [-0.15, -0.1) is 0 Å². The lowest BCUT2D eigenvalue weighted by molar-refractivity contribution is -0.124. The number of hydrogen-bond donors (Lipinski definition) is 1. The number of fused-ring (bicyclic) bond motifs is 1. The number of hydrogen-bond acceptors (Lipinski definition) is 1. The lowest BCUT2D eigenvalue weighted by Gasteiger charge is -1.99. The molecule has 1 aliphatic heterocycles. The van der Waals surface area contributed by atoms with Gasteiger partial charge in [0.25, 0.3) is 0 Å². The van der Waals surface area contributed by atoms with E-state index in [0.717, 1.165) is 13.0 Å². The second kappa shape index (κ2) is 1.02. The molecule has 9 heavy (non-hydrogen) atoms. The maximum atomic E-state index is 11.0. The number of carbonyl (C=O) groups is 1. The molecule has 2 fully saturated rings. The van der Waals surface area contributed by atoms with Gasteiger partial charge in [0.15, 0.2) is 0 Å². The summed E-state index contributed by atoms with van der Waals surface area (Å²) in [5, 5.41) is 2.86. The van der Waals surface area contributed by atoms with Crippen LogP contribution in [0.25, 0.3) is 0 Å². The molecule has 1 N–H and O–H groups in total. The van der Waals surface area contributed by atoms with Crippen molar-refractivity contribution >= 4 is 5.91 Å². The molecular formula is C7H11NO. The predicted octanol–water partition coefficient (Wildman–Crippen LogP) is 0.532. The van der Waals surface area contributed by atoms with Crippen LogP contribution < -0.4 is 5.32 Å². The number of nitrogens with one attached hydrogen (secondary N) is 1. The zero-order valence-corrected chi connectivity index (χ0v) is 5.82. The van der Waals surface area contributed by atoms with Crippen LogP contribution in [0.5, 0.6) is 0 Å². The molecule has 0 aromatic carbocycles. The van der Waals surface area contributed by atoms with Crippen molar-refractivity contribution < 1.29 is 4.79 Å². The molecule has 1 amide bonds. The zero-order chi connectivity index (χ0) is 6.70. The van der Waals surface area contributed by atoms with E-state index in [1.165, 1.54) is 0 Å². The van der Waals surface area contributed by atoms with Gasteiger partial charge in [-0.2, -0.15) is 0 Å².